The maximum absolute atomic E-state index is 13.5. The highest BCUT2D eigenvalue weighted by molar-refractivity contribution is 6.04. The summed E-state index contributed by atoms with van der Waals surface area (Å²) in [6, 6.07) is 12.4. The average molecular weight is 286 g/mol. The third kappa shape index (κ3) is 3.89. The number of rotatable bonds is 4. The van der Waals surface area contributed by atoms with Gasteiger partial charge in [-0.2, -0.15) is 0 Å². The molecule has 0 radical (unpaired) electrons. The molecule has 0 heterocycles. The number of anilines is 2. The summed E-state index contributed by atoms with van der Waals surface area (Å²) < 4.78 is 13.5. The lowest BCUT2D eigenvalue weighted by Gasteiger charge is -2.08. The molecule has 21 heavy (non-hydrogen) atoms. The second-order valence-corrected chi connectivity index (χ2v) is 4.41. The Hall–Kier alpha value is -2.69. The van der Waals surface area contributed by atoms with Gasteiger partial charge in [0.2, 0.25) is 5.91 Å². The van der Waals surface area contributed by atoms with Gasteiger partial charge in [-0.3, -0.25) is 9.59 Å². The molecule has 0 aromatic heterocycles. The van der Waals surface area contributed by atoms with Gasteiger partial charge in [0.1, 0.15) is 5.82 Å². The summed E-state index contributed by atoms with van der Waals surface area (Å²) in [5, 5.41) is 5.30. The predicted octanol–water partition coefficient (Wildman–Crippen LogP) is 3.43. The van der Waals surface area contributed by atoms with Gasteiger partial charge in [0.25, 0.3) is 5.91 Å². The van der Waals surface area contributed by atoms with Crippen LogP contribution in [-0.4, -0.2) is 11.8 Å². The third-order valence-corrected chi connectivity index (χ3v) is 2.87. The zero-order valence-corrected chi connectivity index (χ0v) is 11.5. The highest BCUT2D eigenvalue weighted by atomic mass is 19.1. The summed E-state index contributed by atoms with van der Waals surface area (Å²) in [7, 11) is 0. The van der Waals surface area contributed by atoms with Gasteiger partial charge in [0, 0.05) is 17.8 Å². The lowest BCUT2D eigenvalue weighted by molar-refractivity contribution is -0.115. The van der Waals surface area contributed by atoms with Gasteiger partial charge in [-0.25, -0.2) is 4.39 Å². The van der Waals surface area contributed by atoms with Crippen LogP contribution in [0.25, 0.3) is 0 Å². The molecule has 2 amide bonds. The van der Waals surface area contributed by atoms with E-state index in [-0.39, 0.29) is 11.5 Å². The fourth-order valence-corrected chi connectivity index (χ4v) is 1.73. The Bertz CT molecular complexity index is 654. The van der Waals surface area contributed by atoms with Gasteiger partial charge >= 0.3 is 0 Å². The fourth-order valence-electron chi connectivity index (χ4n) is 1.73. The van der Waals surface area contributed by atoms with E-state index in [1.807, 2.05) is 0 Å². The first-order chi connectivity index (χ1) is 10.1. The first-order valence-electron chi connectivity index (χ1n) is 6.56. The number of nitrogens with one attached hydrogen (secondary N) is 2. The molecule has 0 aliphatic rings. The molecule has 108 valence electrons. The molecule has 0 aliphatic heterocycles. The first-order valence-corrected chi connectivity index (χ1v) is 6.56. The molecule has 2 aromatic rings. The fraction of sp³-hybridized carbons (Fsp3) is 0.125. The van der Waals surface area contributed by atoms with Crippen molar-refractivity contribution in [2.75, 3.05) is 10.6 Å². The van der Waals surface area contributed by atoms with Crippen LogP contribution in [-0.2, 0) is 4.79 Å². The zero-order valence-electron chi connectivity index (χ0n) is 11.5. The minimum Gasteiger partial charge on any atom is -0.326 e. The summed E-state index contributed by atoms with van der Waals surface area (Å²) in [5.74, 6) is -1.17. The van der Waals surface area contributed by atoms with Crippen molar-refractivity contribution in [3.05, 3.63) is 59.9 Å². The maximum atomic E-state index is 13.5. The van der Waals surface area contributed by atoms with Crippen LogP contribution in [0.1, 0.15) is 23.7 Å². The van der Waals surface area contributed by atoms with Gasteiger partial charge in [-0.1, -0.05) is 19.1 Å². The lowest BCUT2D eigenvalue weighted by Crippen LogP contribution is -2.14. The zero-order chi connectivity index (χ0) is 15.2. The molecule has 2 aromatic carbocycles. The highest BCUT2D eigenvalue weighted by Gasteiger charge is 2.10. The number of benzene rings is 2. The standard InChI is InChI=1S/C16H15FN2O2/c1-2-15(20)18-11-7-9-12(10-8-11)19-16(21)13-5-3-4-6-14(13)17/h3-10H,2H2,1H3,(H,18,20)(H,19,21). The molecule has 4 nitrogen and oxygen atoms in total. The van der Waals surface area contributed by atoms with Crippen molar-refractivity contribution < 1.29 is 14.0 Å². The highest BCUT2D eigenvalue weighted by Crippen LogP contribution is 2.15. The van der Waals surface area contributed by atoms with E-state index in [1.54, 1.807) is 37.3 Å². The van der Waals surface area contributed by atoms with Crippen LogP contribution >= 0.6 is 0 Å². The Kier molecular flexibility index (Phi) is 4.66. The molecule has 0 unspecified atom stereocenters. The predicted molar refractivity (Wildman–Crippen MR) is 79.7 cm³/mol. The third-order valence-electron chi connectivity index (χ3n) is 2.87. The van der Waals surface area contributed by atoms with Crippen LogP contribution in [0.3, 0.4) is 0 Å². The monoisotopic (exact) mass is 286 g/mol. The molecule has 2 N–H and O–H groups in total. The quantitative estimate of drug-likeness (QED) is 0.904. The van der Waals surface area contributed by atoms with Gasteiger partial charge in [-0.05, 0) is 36.4 Å². The maximum Gasteiger partial charge on any atom is 0.258 e. The van der Waals surface area contributed by atoms with Gasteiger partial charge in [-0.15, -0.1) is 0 Å². The second kappa shape index (κ2) is 6.65. The molecule has 5 heteroatoms. The Labute approximate surface area is 122 Å². The number of hydrogen-bond acceptors (Lipinski definition) is 2. The lowest BCUT2D eigenvalue weighted by atomic mass is 10.2. The number of halogens is 1. The molecule has 0 fully saturated rings. The van der Waals surface area contributed by atoms with Gasteiger partial charge in [0.15, 0.2) is 0 Å². The number of hydrogen-bond donors (Lipinski definition) is 2. The topological polar surface area (TPSA) is 58.2 Å². The van der Waals surface area contributed by atoms with Crippen molar-refractivity contribution in [2.24, 2.45) is 0 Å². The van der Waals surface area contributed by atoms with E-state index in [0.29, 0.717) is 17.8 Å². The molecule has 0 aliphatic carbocycles. The average Bonchev–Trinajstić information content (AvgIpc) is 2.49. The molecule has 0 bridgehead atoms. The van der Waals surface area contributed by atoms with Gasteiger partial charge in [0.05, 0.1) is 5.56 Å². The summed E-state index contributed by atoms with van der Waals surface area (Å²) in [6.07, 6.45) is 0.395. The Morgan fingerprint density at radius 2 is 1.52 bits per heavy atom. The van der Waals surface area contributed by atoms with Crippen molar-refractivity contribution >= 4 is 23.2 Å². The van der Waals surface area contributed by atoms with E-state index >= 15 is 0 Å². The van der Waals surface area contributed by atoms with E-state index in [2.05, 4.69) is 10.6 Å². The minimum absolute atomic E-state index is 0.0131. The Balaban J connectivity index is 2.05. The summed E-state index contributed by atoms with van der Waals surface area (Å²) in [5.41, 5.74) is 1.16. The summed E-state index contributed by atoms with van der Waals surface area (Å²) in [6.45, 7) is 1.76. The van der Waals surface area contributed by atoms with E-state index in [4.69, 9.17) is 0 Å². The number of carbonyl (C=O) groups excluding carboxylic acids is 2. The van der Waals surface area contributed by atoms with E-state index in [9.17, 15) is 14.0 Å². The Morgan fingerprint density at radius 3 is 2.10 bits per heavy atom. The molecule has 0 saturated carbocycles. The smallest absolute Gasteiger partial charge is 0.258 e. The van der Waals surface area contributed by atoms with Crippen LogP contribution in [0.2, 0.25) is 0 Å². The van der Waals surface area contributed by atoms with E-state index < -0.39 is 11.7 Å². The molecule has 0 atom stereocenters. The normalized spacial score (nSPS) is 10.0. The second-order valence-electron chi connectivity index (χ2n) is 4.41. The van der Waals surface area contributed by atoms with Crippen molar-refractivity contribution in [1.29, 1.82) is 0 Å². The van der Waals surface area contributed by atoms with Crippen LogP contribution in [0, 0.1) is 5.82 Å². The molecule has 2 rings (SSSR count). The van der Waals surface area contributed by atoms with E-state index in [1.165, 1.54) is 18.2 Å². The van der Waals surface area contributed by atoms with Crippen LogP contribution in [0.5, 0.6) is 0 Å². The van der Waals surface area contributed by atoms with Crippen molar-refractivity contribution in [3.8, 4) is 0 Å². The molecule has 0 saturated heterocycles. The Morgan fingerprint density at radius 1 is 0.952 bits per heavy atom. The molecular formula is C16H15FN2O2. The molecule has 0 spiro atoms. The van der Waals surface area contributed by atoms with Crippen LogP contribution < -0.4 is 10.6 Å². The largest absolute Gasteiger partial charge is 0.326 e. The van der Waals surface area contributed by atoms with E-state index in [0.717, 1.165) is 0 Å². The van der Waals surface area contributed by atoms with Gasteiger partial charge < -0.3 is 10.6 Å². The minimum atomic E-state index is -0.568. The molecular weight excluding hydrogens is 271 g/mol. The van der Waals surface area contributed by atoms with Crippen LogP contribution in [0.15, 0.2) is 48.5 Å². The summed E-state index contributed by atoms with van der Waals surface area (Å²) in [4.78, 5) is 23.2. The van der Waals surface area contributed by atoms with Crippen molar-refractivity contribution in [3.63, 3.8) is 0 Å². The first kappa shape index (κ1) is 14.7. The number of amides is 2. The van der Waals surface area contributed by atoms with Crippen LogP contribution in [0.4, 0.5) is 15.8 Å². The SMILES string of the molecule is CCC(=O)Nc1ccc(NC(=O)c2ccccc2F)cc1. The number of carbonyl (C=O) groups is 2. The van der Waals surface area contributed by atoms with Crippen molar-refractivity contribution in [2.45, 2.75) is 13.3 Å². The summed E-state index contributed by atoms with van der Waals surface area (Å²) >= 11 is 0. The van der Waals surface area contributed by atoms with Crippen molar-refractivity contribution in [1.82, 2.24) is 0 Å².